The van der Waals surface area contributed by atoms with Crippen molar-refractivity contribution in [2.45, 2.75) is 11.8 Å². The Morgan fingerprint density at radius 2 is 1.48 bits per heavy atom. The molecule has 0 aliphatic carbocycles. The van der Waals surface area contributed by atoms with Crippen LogP contribution in [0, 0.1) is 0 Å². The molecule has 0 radical (unpaired) electrons. The molecule has 0 saturated carbocycles. The van der Waals surface area contributed by atoms with Crippen LogP contribution in [0.2, 0.25) is 10.0 Å². The summed E-state index contributed by atoms with van der Waals surface area (Å²) in [7, 11) is 0. The van der Waals surface area contributed by atoms with Gasteiger partial charge in [-0.3, -0.25) is 14.4 Å². The topological polar surface area (TPSA) is 96.5 Å². The molecule has 10 heteroatoms. The zero-order chi connectivity index (χ0) is 29.9. The van der Waals surface area contributed by atoms with E-state index in [4.69, 9.17) is 27.9 Å². The Kier molecular flexibility index (Phi) is 11.1. The molecule has 4 rings (SSSR count). The van der Waals surface area contributed by atoms with Gasteiger partial charge in [-0.1, -0.05) is 59.6 Å². The minimum atomic E-state index is -0.567. The van der Waals surface area contributed by atoms with Crippen molar-refractivity contribution < 1.29 is 19.1 Å². The summed E-state index contributed by atoms with van der Waals surface area (Å²) in [5.74, 6) is -0.407. The number of carbonyl (C=O) groups excluding carboxylic acids is 3. The molecule has 0 saturated heterocycles. The van der Waals surface area contributed by atoms with Crippen molar-refractivity contribution in [2.75, 3.05) is 23.0 Å². The van der Waals surface area contributed by atoms with Gasteiger partial charge in [0.2, 0.25) is 5.91 Å². The fourth-order valence-corrected chi connectivity index (χ4v) is 4.96. The van der Waals surface area contributed by atoms with E-state index in [2.05, 4.69) is 16.0 Å². The number of carbonyl (C=O) groups is 3. The van der Waals surface area contributed by atoms with Gasteiger partial charge in [0, 0.05) is 31.8 Å². The van der Waals surface area contributed by atoms with E-state index in [1.807, 2.05) is 19.1 Å². The molecule has 214 valence electrons. The summed E-state index contributed by atoms with van der Waals surface area (Å²) < 4.78 is 5.55. The normalized spacial score (nSPS) is 11.0. The van der Waals surface area contributed by atoms with Gasteiger partial charge >= 0.3 is 0 Å². The second kappa shape index (κ2) is 15.1. The highest BCUT2D eigenvalue weighted by atomic mass is 35.5. The van der Waals surface area contributed by atoms with Crippen LogP contribution in [0.3, 0.4) is 0 Å². The Hall–Kier alpha value is -4.24. The van der Waals surface area contributed by atoms with Crippen LogP contribution in [-0.2, 0) is 9.59 Å². The molecule has 4 aromatic rings. The molecule has 0 spiro atoms. The van der Waals surface area contributed by atoms with Crippen LogP contribution in [0.15, 0.2) is 108 Å². The third-order valence-electron chi connectivity index (χ3n) is 5.76. The molecule has 3 amide bonds. The van der Waals surface area contributed by atoms with Gasteiger partial charge in [-0.2, -0.15) is 0 Å². The standard InChI is InChI=1S/C32H27Cl2N3O4S/c1-2-41-29-14-7-6-13-27(29)36-30(38)20-42-23-17-15-22(16-18-23)35-32(40)28(19-24-25(33)11-8-12-26(24)34)37-31(39)21-9-4-3-5-10-21/h3-19H,2,20H2,1H3,(H,35,40)(H,36,38)(H,37,39)/b28-19-. The predicted octanol–water partition coefficient (Wildman–Crippen LogP) is 7.53. The molecule has 0 aromatic heterocycles. The maximum Gasteiger partial charge on any atom is 0.272 e. The number of hydrogen-bond donors (Lipinski definition) is 3. The lowest BCUT2D eigenvalue weighted by Crippen LogP contribution is -2.30. The highest BCUT2D eigenvalue weighted by molar-refractivity contribution is 8.00. The number of anilines is 2. The molecule has 4 aromatic carbocycles. The molecule has 0 aliphatic rings. The third kappa shape index (κ3) is 8.63. The second-order valence-electron chi connectivity index (χ2n) is 8.76. The van der Waals surface area contributed by atoms with Crippen LogP contribution in [-0.4, -0.2) is 30.1 Å². The third-order valence-corrected chi connectivity index (χ3v) is 7.43. The smallest absolute Gasteiger partial charge is 0.272 e. The van der Waals surface area contributed by atoms with E-state index >= 15 is 0 Å². The monoisotopic (exact) mass is 619 g/mol. The Labute approximate surface area is 258 Å². The van der Waals surface area contributed by atoms with Crippen LogP contribution < -0.4 is 20.7 Å². The van der Waals surface area contributed by atoms with Crippen LogP contribution in [0.25, 0.3) is 6.08 Å². The molecule has 7 nitrogen and oxygen atoms in total. The van der Waals surface area contributed by atoms with E-state index in [9.17, 15) is 14.4 Å². The molecule has 0 aliphatic heterocycles. The maximum absolute atomic E-state index is 13.3. The molecule has 0 heterocycles. The van der Waals surface area contributed by atoms with Crippen molar-refractivity contribution >= 4 is 70.1 Å². The summed E-state index contributed by atoms with van der Waals surface area (Å²) >= 11 is 14.0. The van der Waals surface area contributed by atoms with Gasteiger partial charge in [-0.25, -0.2) is 0 Å². The summed E-state index contributed by atoms with van der Waals surface area (Å²) in [4.78, 5) is 39.5. The molecular formula is C32H27Cl2N3O4S. The highest BCUT2D eigenvalue weighted by Crippen LogP contribution is 2.28. The molecule has 3 N–H and O–H groups in total. The van der Waals surface area contributed by atoms with E-state index in [0.29, 0.717) is 44.9 Å². The number of hydrogen-bond acceptors (Lipinski definition) is 5. The van der Waals surface area contributed by atoms with Crippen LogP contribution >= 0.6 is 35.0 Å². The van der Waals surface area contributed by atoms with Gasteiger partial charge in [0.15, 0.2) is 0 Å². The number of para-hydroxylation sites is 2. The van der Waals surface area contributed by atoms with Crippen molar-refractivity contribution in [2.24, 2.45) is 0 Å². The summed E-state index contributed by atoms with van der Waals surface area (Å²) in [5.41, 5.74) is 1.84. The van der Waals surface area contributed by atoms with Crippen LogP contribution in [0.4, 0.5) is 11.4 Å². The quantitative estimate of drug-likeness (QED) is 0.119. The van der Waals surface area contributed by atoms with E-state index in [0.717, 1.165) is 4.90 Å². The van der Waals surface area contributed by atoms with E-state index in [-0.39, 0.29) is 17.4 Å². The SMILES string of the molecule is CCOc1ccccc1NC(=O)CSc1ccc(NC(=O)/C(=C/c2c(Cl)cccc2Cl)NC(=O)c2ccccc2)cc1. The molecule has 0 fully saturated rings. The van der Waals surface area contributed by atoms with Gasteiger partial charge in [-0.15, -0.1) is 11.8 Å². The predicted molar refractivity (Wildman–Crippen MR) is 170 cm³/mol. The molecule has 42 heavy (non-hydrogen) atoms. The first-order chi connectivity index (χ1) is 20.3. The zero-order valence-electron chi connectivity index (χ0n) is 22.5. The van der Waals surface area contributed by atoms with Crippen LogP contribution in [0.5, 0.6) is 5.75 Å². The number of halogens is 2. The minimum Gasteiger partial charge on any atom is -0.492 e. The number of rotatable bonds is 11. The minimum absolute atomic E-state index is 0.0405. The number of amides is 3. The number of nitrogens with one attached hydrogen (secondary N) is 3. The summed E-state index contributed by atoms with van der Waals surface area (Å²) in [6.45, 7) is 2.38. The second-order valence-corrected chi connectivity index (χ2v) is 10.6. The Balaban J connectivity index is 1.42. The van der Waals surface area contributed by atoms with E-state index in [1.54, 1.807) is 84.9 Å². The molecule has 0 atom stereocenters. The lowest BCUT2D eigenvalue weighted by molar-refractivity contribution is -0.114. The number of ether oxygens (including phenoxy) is 1. The number of thioether (sulfide) groups is 1. The molecule has 0 bridgehead atoms. The van der Waals surface area contributed by atoms with Crippen molar-refractivity contribution in [1.82, 2.24) is 5.32 Å². The molecular weight excluding hydrogens is 593 g/mol. The first-order valence-electron chi connectivity index (χ1n) is 12.9. The van der Waals surface area contributed by atoms with E-state index in [1.165, 1.54) is 17.8 Å². The lowest BCUT2D eigenvalue weighted by Gasteiger charge is -2.13. The first-order valence-corrected chi connectivity index (χ1v) is 14.7. The fraction of sp³-hybridized carbons (Fsp3) is 0.0938. The van der Waals surface area contributed by atoms with Gasteiger partial charge in [0.1, 0.15) is 11.4 Å². The van der Waals surface area contributed by atoms with Gasteiger partial charge in [-0.05, 0) is 73.7 Å². The Morgan fingerprint density at radius 3 is 2.17 bits per heavy atom. The van der Waals surface area contributed by atoms with Crippen LogP contribution in [0.1, 0.15) is 22.8 Å². The van der Waals surface area contributed by atoms with Crippen molar-refractivity contribution in [3.8, 4) is 5.75 Å². The summed E-state index contributed by atoms with van der Waals surface area (Å²) in [6.07, 6.45) is 1.44. The fourth-order valence-electron chi connectivity index (χ4n) is 3.75. The van der Waals surface area contributed by atoms with Crippen molar-refractivity contribution in [1.29, 1.82) is 0 Å². The van der Waals surface area contributed by atoms with E-state index < -0.39 is 11.8 Å². The average Bonchev–Trinajstić information content (AvgIpc) is 2.99. The van der Waals surface area contributed by atoms with Crippen molar-refractivity contribution in [3.63, 3.8) is 0 Å². The zero-order valence-corrected chi connectivity index (χ0v) is 24.9. The highest BCUT2D eigenvalue weighted by Gasteiger charge is 2.17. The van der Waals surface area contributed by atoms with Gasteiger partial charge in [0.05, 0.1) is 18.0 Å². The molecule has 0 unspecified atom stereocenters. The average molecular weight is 621 g/mol. The first kappa shape index (κ1) is 30.7. The van der Waals surface area contributed by atoms with Crippen molar-refractivity contribution in [3.05, 3.63) is 124 Å². The largest absolute Gasteiger partial charge is 0.492 e. The Morgan fingerprint density at radius 1 is 0.810 bits per heavy atom. The Bertz CT molecular complexity index is 1580. The van der Waals surface area contributed by atoms with Gasteiger partial charge in [0.25, 0.3) is 11.8 Å². The number of benzene rings is 4. The lowest BCUT2D eigenvalue weighted by atomic mass is 10.1. The van der Waals surface area contributed by atoms with Gasteiger partial charge < -0.3 is 20.7 Å². The summed E-state index contributed by atoms with van der Waals surface area (Å²) in [6, 6.07) is 27.8. The maximum atomic E-state index is 13.3. The summed E-state index contributed by atoms with van der Waals surface area (Å²) in [5, 5.41) is 8.98.